The first-order valence-corrected chi connectivity index (χ1v) is 5.87. The molecule has 0 spiro atoms. The smallest absolute Gasteiger partial charge is 0.234 e. The van der Waals surface area contributed by atoms with Gasteiger partial charge in [-0.05, 0) is 12.1 Å². The zero-order valence-electron chi connectivity index (χ0n) is 10.0. The highest BCUT2D eigenvalue weighted by molar-refractivity contribution is 5.96. The summed E-state index contributed by atoms with van der Waals surface area (Å²) in [7, 11) is 0. The topological polar surface area (TPSA) is 71.8 Å². The van der Waals surface area contributed by atoms with E-state index in [9.17, 15) is 4.79 Å². The number of rotatable bonds is 4. The largest absolute Gasteiger partial charge is 0.359 e. The number of aromatic nitrogens is 3. The number of ketones is 1. The molecule has 3 aromatic rings. The van der Waals surface area contributed by atoms with Crippen LogP contribution in [0.25, 0.3) is 11.5 Å². The van der Waals surface area contributed by atoms with E-state index in [2.05, 4.69) is 15.1 Å². The Bertz CT molecular complexity index is 672. The van der Waals surface area contributed by atoms with Crippen molar-refractivity contribution in [2.75, 3.05) is 0 Å². The molecule has 0 atom stereocenters. The van der Waals surface area contributed by atoms with Gasteiger partial charge in [-0.1, -0.05) is 35.5 Å². The minimum atomic E-state index is -0.0396. The van der Waals surface area contributed by atoms with Crippen LogP contribution in [0.1, 0.15) is 16.2 Å². The maximum atomic E-state index is 12.0. The lowest BCUT2D eigenvalue weighted by Gasteiger charge is -1.95. The summed E-state index contributed by atoms with van der Waals surface area (Å²) in [5.74, 6) is 0.738. The molecule has 0 aliphatic heterocycles. The van der Waals surface area contributed by atoms with Crippen molar-refractivity contribution in [3.05, 3.63) is 60.1 Å². The molecule has 2 heterocycles. The Morgan fingerprint density at radius 1 is 1.16 bits per heavy atom. The maximum absolute atomic E-state index is 12.0. The molecule has 0 aliphatic rings. The highest BCUT2D eigenvalue weighted by Crippen LogP contribution is 2.13. The third-order valence-electron chi connectivity index (χ3n) is 2.71. The highest BCUT2D eigenvalue weighted by atomic mass is 16.5. The van der Waals surface area contributed by atoms with Crippen LogP contribution in [-0.2, 0) is 6.42 Å². The summed E-state index contributed by atoms with van der Waals surface area (Å²) in [5.41, 5.74) is 1.41. The number of benzene rings is 1. The molecule has 5 nitrogen and oxygen atoms in total. The van der Waals surface area contributed by atoms with Gasteiger partial charge in [0.1, 0.15) is 0 Å². The van der Waals surface area contributed by atoms with Crippen molar-refractivity contribution in [1.29, 1.82) is 0 Å². The van der Waals surface area contributed by atoms with Crippen molar-refractivity contribution < 1.29 is 9.32 Å². The second-order valence-corrected chi connectivity index (χ2v) is 4.06. The molecular weight excluding hydrogens is 242 g/mol. The summed E-state index contributed by atoms with van der Waals surface area (Å²) < 4.78 is 5.08. The van der Waals surface area contributed by atoms with Crippen molar-refractivity contribution in [3.63, 3.8) is 0 Å². The minimum absolute atomic E-state index is 0.0396. The van der Waals surface area contributed by atoms with E-state index < -0.39 is 0 Å². The number of aromatic amines is 1. The van der Waals surface area contributed by atoms with Gasteiger partial charge >= 0.3 is 0 Å². The Morgan fingerprint density at radius 2 is 2.00 bits per heavy atom. The lowest BCUT2D eigenvalue weighted by molar-refractivity contribution is 0.0983. The molecule has 0 radical (unpaired) electrons. The molecule has 3 rings (SSSR count). The third kappa shape index (κ3) is 2.44. The fourth-order valence-electron chi connectivity index (χ4n) is 1.77. The van der Waals surface area contributed by atoms with E-state index in [0.717, 1.165) is 5.69 Å². The van der Waals surface area contributed by atoms with Crippen LogP contribution >= 0.6 is 0 Å². The average molecular weight is 253 g/mol. The lowest BCUT2D eigenvalue weighted by atomic mass is 10.1. The quantitative estimate of drug-likeness (QED) is 0.725. The van der Waals surface area contributed by atoms with E-state index in [-0.39, 0.29) is 12.2 Å². The number of H-pyrrole nitrogens is 1. The molecule has 1 N–H and O–H groups in total. The molecule has 0 aliphatic carbocycles. The predicted molar refractivity (Wildman–Crippen MR) is 68.6 cm³/mol. The maximum Gasteiger partial charge on any atom is 0.234 e. The van der Waals surface area contributed by atoms with Crippen molar-refractivity contribution in [2.24, 2.45) is 0 Å². The van der Waals surface area contributed by atoms with E-state index in [1.54, 1.807) is 18.3 Å². The molecular formula is C14H11N3O2. The number of hydrogen-bond donors (Lipinski definition) is 1. The van der Waals surface area contributed by atoms with E-state index >= 15 is 0 Å². The first kappa shape index (κ1) is 11.4. The monoisotopic (exact) mass is 253 g/mol. The summed E-state index contributed by atoms with van der Waals surface area (Å²) in [6.07, 6.45) is 1.89. The zero-order chi connectivity index (χ0) is 13.1. The molecule has 0 bridgehead atoms. The summed E-state index contributed by atoms with van der Waals surface area (Å²) in [6.45, 7) is 0. The predicted octanol–water partition coefficient (Wildman–Crippen LogP) is 2.49. The van der Waals surface area contributed by atoms with Gasteiger partial charge in [-0.3, -0.25) is 4.79 Å². The van der Waals surface area contributed by atoms with E-state index in [1.165, 1.54) is 0 Å². The first-order valence-electron chi connectivity index (χ1n) is 5.87. The van der Waals surface area contributed by atoms with Crippen LogP contribution in [0.3, 0.4) is 0 Å². The molecule has 0 fully saturated rings. The SMILES string of the molecule is O=C(Cc1nc(-c2ccc[nH]2)no1)c1ccccc1. The number of carbonyl (C=O) groups is 1. The number of Topliss-reactive ketones (excluding diaryl/α,β-unsaturated/α-hetero) is 1. The first-order chi connectivity index (χ1) is 9.33. The fraction of sp³-hybridized carbons (Fsp3) is 0.0714. The molecule has 0 amide bonds. The van der Waals surface area contributed by atoms with Gasteiger partial charge in [0.25, 0.3) is 0 Å². The Balaban J connectivity index is 1.76. The van der Waals surface area contributed by atoms with Crippen molar-refractivity contribution in [1.82, 2.24) is 15.1 Å². The lowest BCUT2D eigenvalue weighted by Crippen LogP contribution is -2.03. The van der Waals surface area contributed by atoms with Crippen molar-refractivity contribution in [2.45, 2.75) is 6.42 Å². The molecule has 5 heteroatoms. The van der Waals surface area contributed by atoms with Crippen LogP contribution in [0.5, 0.6) is 0 Å². The Labute approximate surface area is 109 Å². The van der Waals surface area contributed by atoms with Gasteiger partial charge in [0.2, 0.25) is 11.7 Å². The van der Waals surface area contributed by atoms with Crippen LogP contribution in [0.15, 0.2) is 53.2 Å². The van der Waals surface area contributed by atoms with E-state index in [0.29, 0.717) is 17.3 Å². The summed E-state index contributed by atoms with van der Waals surface area (Å²) in [4.78, 5) is 19.1. The van der Waals surface area contributed by atoms with Crippen LogP contribution in [0, 0.1) is 0 Å². The Morgan fingerprint density at radius 3 is 2.74 bits per heavy atom. The standard InChI is InChI=1S/C14H11N3O2/c18-12(10-5-2-1-3-6-10)9-13-16-14(17-19-13)11-7-4-8-15-11/h1-8,15H,9H2. The number of nitrogens with one attached hydrogen (secondary N) is 1. The van der Waals surface area contributed by atoms with Crippen LogP contribution in [0.2, 0.25) is 0 Å². The molecule has 1 aromatic carbocycles. The van der Waals surface area contributed by atoms with E-state index in [1.807, 2.05) is 30.3 Å². The average Bonchev–Trinajstić information content (AvgIpc) is 3.10. The molecule has 2 aromatic heterocycles. The number of nitrogens with zero attached hydrogens (tertiary/aromatic N) is 2. The van der Waals surface area contributed by atoms with Crippen LogP contribution in [0.4, 0.5) is 0 Å². The van der Waals surface area contributed by atoms with Gasteiger partial charge in [0.15, 0.2) is 5.78 Å². The second kappa shape index (κ2) is 4.89. The fourth-order valence-corrected chi connectivity index (χ4v) is 1.77. The van der Waals surface area contributed by atoms with Crippen LogP contribution < -0.4 is 0 Å². The van der Waals surface area contributed by atoms with Gasteiger partial charge in [-0.2, -0.15) is 4.98 Å². The Kier molecular flexibility index (Phi) is 2.94. The number of hydrogen-bond acceptors (Lipinski definition) is 4. The molecule has 0 saturated carbocycles. The van der Waals surface area contributed by atoms with Gasteiger partial charge in [0, 0.05) is 11.8 Å². The van der Waals surface area contributed by atoms with Gasteiger partial charge in [-0.15, -0.1) is 0 Å². The molecule has 0 unspecified atom stereocenters. The van der Waals surface area contributed by atoms with Crippen LogP contribution in [-0.4, -0.2) is 20.9 Å². The summed E-state index contributed by atoms with van der Waals surface area (Å²) >= 11 is 0. The normalized spacial score (nSPS) is 10.5. The molecule has 94 valence electrons. The Hall–Kier alpha value is -2.69. The van der Waals surface area contributed by atoms with Crippen molar-refractivity contribution in [3.8, 4) is 11.5 Å². The zero-order valence-corrected chi connectivity index (χ0v) is 10.0. The van der Waals surface area contributed by atoms with Gasteiger partial charge in [0.05, 0.1) is 12.1 Å². The minimum Gasteiger partial charge on any atom is -0.359 e. The van der Waals surface area contributed by atoms with Crippen molar-refractivity contribution >= 4 is 5.78 Å². The van der Waals surface area contributed by atoms with E-state index in [4.69, 9.17) is 4.52 Å². The second-order valence-electron chi connectivity index (χ2n) is 4.06. The third-order valence-corrected chi connectivity index (χ3v) is 2.71. The highest BCUT2D eigenvalue weighted by Gasteiger charge is 2.13. The molecule has 19 heavy (non-hydrogen) atoms. The van der Waals surface area contributed by atoms with Gasteiger partial charge < -0.3 is 9.51 Å². The molecule has 0 saturated heterocycles. The summed E-state index contributed by atoms with van der Waals surface area (Å²) in [6, 6.07) is 12.7. The number of carbonyl (C=O) groups excluding carboxylic acids is 1. The summed E-state index contributed by atoms with van der Waals surface area (Å²) in [5, 5.41) is 3.84. The van der Waals surface area contributed by atoms with Gasteiger partial charge in [-0.25, -0.2) is 0 Å².